The van der Waals surface area contributed by atoms with Gasteiger partial charge in [-0.15, -0.1) is 0 Å². The van der Waals surface area contributed by atoms with Crippen LogP contribution in [0.3, 0.4) is 0 Å². The van der Waals surface area contributed by atoms with Gasteiger partial charge in [-0.25, -0.2) is 0 Å². The van der Waals surface area contributed by atoms with Gasteiger partial charge in [0.2, 0.25) is 0 Å². The lowest BCUT2D eigenvalue weighted by atomic mass is 10.0. The predicted molar refractivity (Wildman–Crippen MR) is 33.2 cm³/mol. The normalized spacial score (nSPS) is 49.2. The van der Waals surface area contributed by atoms with Crippen LogP contribution in [0, 0.1) is 0 Å². The van der Waals surface area contributed by atoms with Gasteiger partial charge in [0, 0.05) is 6.42 Å². The first kappa shape index (κ1) is 7.94. The summed E-state index contributed by atoms with van der Waals surface area (Å²) in [7, 11) is 0. The van der Waals surface area contributed by atoms with Crippen LogP contribution in [0.25, 0.3) is 0 Å². The van der Waals surface area contributed by atoms with Crippen molar-refractivity contribution in [2.24, 2.45) is 0 Å². The Labute approximate surface area is 59.1 Å². The van der Waals surface area contributed by atoms with E-state index in [1.165, 1.54) is 0 Å². The number of hydrogen-bond donors (Lipinski definition) is 3. The van der Waals surface area contributed by atoms with Crippen molar-refractivity contribution in [1.82, 2.24) is 0 Å². The molecule has 0 aromatic heterocycles. The van der Waals surface area contributed by atoms with Crippen LogP contribution in [0.5, 0.6) is 0 Å². The van der Waals surface area contributed by atoms with E-state index in [4.69, 9.17) is 20.1 Å². The van der Waals surface area contributed by atoms with Gasteiger partial charge in [0.05, 0.1) is 12.2 Å². The topological polar surface area (TPSA) is 69.9 Å². The van der Waals surface area contributed by atoms with E-state index in [2.05, 4.69) is 0 Å². The molecule has 0 spiro atoms. The van der Waals surface area contributed by atoms with E-state index >= 15 is 0 Å². The molecule has 0 amide bonds. The van der Waals surface area contributed by atoms with E-state index in [0.29, 0.717) is 0 Å². The van der Waals surface area contributed by atoms with E-state index in [9.17, 15) is 0 Å². The Morgan fingerprint density at radius 2 is 1.80 bits per heavy atom. The molecule has 1 heterocycles. The average Bonchev–Trinajstić information content (AvgIpc) is 1.84. The van der Waals surface area contributed by atoms with Crippen molar-refractivity contribution in [1.29, 1.82) is 0 Å². The monoisotopic (exact) mass is 148 g/mol. The van der Waals surface area contributed by atoms with Gasteiger partial charge in [-0.1, -0.05) is 0 Å². The molecule has 4 heteroatoms. The van der Waals surface area contributed by atoms with Gasteiger partial charge >= 0.3 is 0 Å². The molecule has 0 aromatic carbocycles. The second-order valence-electron chi connectivity index (χ2n) is 2.60. The van der Waals surface area contributed by atoms with Gasteiger partial charge in [-0.2, -0.15) is 0 Å². The highest BCUT2D eigenvalue weighted by Gasteiger charge is 2.32. The zero-order valence-corrected chi connectivity index (χ0v) is 5.77. The maximum absolute atomic E-state index is 9.07. The lowest BCUT2D eigenvalue weighted by Gasteiger charge is -2.32. The van der Waals surface area contributed by atoms with E-state index in [-0.39, 0.29) is 6.42 Å². The highest BCUT2D eigenvalue weighted by Crippen LogP contribution is 2.17. The lowest BCUT2D eigenvalue weighted by Crippen LogP contribution is -2.45. The first-order valence-corrected chi connectivity index (χ1v) is 3.31. The molecule has 4 atom stereocenters. The smallest absolute Gasteiger partial charge is 0.181 e. The molecule has 1 aliphatic rings. The molecular weight excluding hydrogens is 136 g/mol. The summed E-state index contributed by atoms with van der Waals surface area (Å²) in [5, 5.41) is 26.9. The quantitative estimate of drug-likeness (QED) is 0.405. The summed E-state index contributed by atoms with van der Waals surface area (Å²) in [6.07, 6.45) is -2.97. The van der Waals surface area contributed by atoms with Gasteiger partial charge in [-0.05, 0) is 6.92 Å². The Balaban J connectivity index is 2.46. The lowest BCUT2D eigenvalue weighted by molar-refractivity contribution is -0.240. The summed E-state index contributed by atoms with van der Waals surface area (Å²) < 4.78 is 4.77. The van der Waals surface area contributed by atoms with E-state index in [0.717, 1.165) is 0 Å². The number of aliphatic hydroxyl groups is 3. The fraction of sp³-hybridized carbons (Fsp3) is 1.00. The van der Waals surface area contributed by atoms with Crippen molar-refractivity contribution in [3.05, 3.63) is 0 Å². The Bertz CT molecular complexity index is 90.3. The molecule has 0 bridgehead atoms. The Kier molecular flexibility index (Phi) is 2.25. The van der Waals surface area contributed by atoms with Crippen LogP contribution in [0.2, 0.25) is 0 Å². The molecule has 3 N–H and O–H groups in total. The molecule has 0 aliphatic carbocycles. The zero-order chi connectivity index (χ0) is 7.72. The minimum Gasteiger partial charge on any atom is -0.390 e. The molecule has 0 radical (unpaired) electrons. The summed E-state index contributed by atoms with van der Waals surface area (Å²) in [5.41, 5.74) is 0. The molecule has 60 valence electrons. The highest BCUT2D eigenvalue weighted by molar-refractivity contribution is 4.76. The summed E-state index contributed by atoms with van der Waals surface area (Å²) in [4.78, 5) is 0. The molecule has 0 unspecified atom stereocenters. The minimum absolute atomic E-state index is 0.183. The van der Waals surface area contributed by atoms with Crippen LogP contribution in [0.4, 0.5) is 0 Å². The summed E-state index contributed by atoms with van der Waals surface area (Å²) in [5.74, 6) is 0. The largest absolute Gasteiger partial charge is 0.390 e. The van der Waals surface area contributed by atoms with Crippen molar-refractivity contribution in [2.45, 2.75) is 37.9 Å². The van der Waals surface area contributed by atoms with Crippen LogP contribution in [0.1, 0.15) is 13.3 Å². The van der Waals surface area contributed by atoms with Crippen LogP contribution >= 0.6 is 0 Å². The van der Waals surface area contributed by atoms with Gasteiger partial charge in [0.25, 0.3) is 0 Å². The van der Waals surface area contributed by atoms with Crippen LogP contribution in [-0.4, -0.2) is 39.9 Å². The first-order chi connectivity index (χ1) is 4.61. The standard InChI is InChI=1S/C6H12O4/c1-3-4(7)2-5(8)6(9)10-3/h3-9H,2H2,1H3/t3-,4+,5+,6+/m0/s1. The molecular formula is C6H12O4. The van der Waals surface area contributed by atoms with Crippen molar-refractivity contribution in [2.75, 3.05) is 0 Å². The molecule has 10 heavy (non-hydrogen) atoms. The van der Waals surface area contributed by atoms with Gasteiger partial charge in [0.1, 0.15) is 6.10 Å². The number of hydrogen-bond acceptors (Lipinski definition) is 4. The summed E-state index contributed by atoms with van der Waals surface area (Å²) in [6.45, 7) is 1.65. The Morgan fingerprint density at radius 1 is 1.20 bits per heavy atom. The second kappa shape index (κ2) is 2.84. The fourth-order valence-corrected chi connectivity index (χ4v) is 0.957. The maximum Gasteiger partial charge on any atom is 0.181 e. The number of rotatable bonds is 0. The minimum atomic E-state index is -1.14. The zero-order valence-electron chi connectivity index (χ0n) is 5.77. The van der Waals surface area contributed by atoms with E-state index in [1.807, 2.05) is 0 Å². The summed E-state index contributed by atoms with van der Waals surface area (Å²) >= 11 is 0. The second-order valence-corrected chi connectivity index (χ2v) is 2.60. The van der Waals surface area contributed by atoms with Gasteiger partial charge in [0.15, 0.2) is 6.29 Å². The first-order valence-electron chi connectivity index (χ1n) is 3.31. The number of ether oxygens (including phenoxy) is 1. The third kappa shape index (κ3) is 1.46. The van der Waals surface area contributed by atoms with Gasteiger partial charge < -0.3 is 20.1 Å². The van der Waals surface area contributed by atoms with Gasteiger partial charge in [-0.3, -0.25) is 0 Å². The third-order valence-corrected chi connectivity index (χ3v) is 1.71. The molecule has 1 aliphatic heterocycles. The summed E-state index contributed by atoms with van der Waals surface area (Å²) in [6, 6.07) is 0. The van der Waals surface area contributed by atoms with Crippen molar-refractivity contribution < 1.29 is 20.1 Å². The van der Waals surface area contributed by atoms with Crippen LogP contribution < -0.4 is 0 Å². The molecule has 0 aromatic rings. The molecule has 1 saturated heterocycles. The third-order valence-electron chi connectivity index (χ3n) is 1.71. The van der Waals surface area contributed by atoms with Crippen molar-refractivity contribution in [3.8, 4) is 0 Å². The highest BCUT2D eigenvalue weighted by atomic mass is 16.6. The number of aliphatic hydroxyl groups excluding tert-OH is 3. The van der Waals surface area contributed by atoms with Crippen molar-refractivity contribution >= 4 is 0 Å². The molecule has 1 fully saturated rings. The molecule has 4 nitrogen and oxygen atoms in total. The Morgan fingerprint density at radius 3 is 2.30 bits per heavy atom. The fourth-order valence-electron chi connectivity index (χ4n) is 0.957. The molecule has 1 rings (SSSR count). The van der Waals surface area contributed by atoms with E-state index in [1.54, 1.807) is 6.92 Å². The molecule has 0 saturated carbocycles. The maximum atomic E-state index is 9.07. The van der Waals surface area contributed by atoms with Crippen LogP contribution in [-0.2, 0) is 4.74 Å². The predicted octanol–water partition coefficient (Wildman–Crippen LogP) is -1.16. The van der Waals surface area contributed by atoms with Crippen molar-refractivity contribution in [3.63, 3.8) is 0 Å². The Hall–Kier alpha value is -0.160. The SMILES string of the molecule is C[C@@H]1O[C@@H](O)[C@H](O)C[C@H]1O. The average molecular weight is 148 g/mol. The van der Waals surface area contributed by atoms with E-state index < -0.39 is 24.6 Å². The van der Waals surface area contributed by atoms with Crippen LogP contribution in [0.15, 0.2) is 0 Å².